The number of aromatic amines is 1. The highest BCUT2D eigenvalue weighted by molar-refractivity contribution is 7.71. The number of nitrogens with zero attached hydrogens (tertiary/aromatic N) is 3. The van der Waals surface area contributed by atoms with Crippen LogP contribution in [0.15, 0.2) is 53.6 Å². The summed E-state index contributed by atoms with van der Waals surface area (Å²) in [6.45, 7) is 0. The van der Waals surface area contributed by atoms with E-state index < -0.39 is 0 Å². The van der Waals surface area contributed by atoms with Crippen LogP contribution in [0.25, 0.3) is 11.4 Å². The first-order chi connectivity index (χ1) is 10.7. The van der Waals surface area contributed by atoms with Crippen molar-refractivity contribution in [2.75, 3.05) is 0 Å². The molecule has 0 spiro atoms. The summed E-state index contributed by atoms with van der Waals surface area (Å²) in [7, 11) is 0. The van der Waals surface area contributed by atoms with Crippen molar-refractivity contribution in [1.29, 1.82) is 0 Å². The van der Waals surface area contributed by atoms with Gasteiger partial charge in [0.2, 0.25) is 4.77 Å². The Morgan fingerprint density at radius 3 is 2.45 bits per heavy atom. The van der Waals surface area contributed by atoms with Gasteiger partial charge in [0.15, 0.2) is 5.82 Å². The Morgan fingerprint density at radius 1 is 1.05 bits per heavy atom. The van der Waals surface area contributed by atoms with E-state index in [-0.39, 0.29) is 16.3 Å². The van der Waals surface area contributed by atoms with Gasteiger partial charge in [-0.25, -0.2) is 5.10 Å². The molecule has 0 aliphatic heterocycles. The number of nitrogens with one attached hydrogen (secondary N) is 1. The Balaban J connectivity index is 2.06. The molecule has 0 saturated carbocycles. The summed E-state index contributed by atoms with van der Waals surface area (Å²) >= 11 is 5.15. The lowest BCUT2D eigenvalue weighted by Gasteiger charge is -2.03. The van der Waals surface area contributed by atoms with E-state index in [2.05, 4.69) is 15.3 Å². The number of phenols is 2. The predicted octanol–water partition coefficient (Wildman–Crippen LogP) is 2.90. The average molecular weight is 312 g/mol. The van der Waals surface area contributed by atoms with Crippen molar-refractivity contribution >= 4 is 18.4 Å². The minimum absolute atomic E-state index is 0.0792. The number of H-pyrrole nitrogens is 1. The molecule has 2 aromatic carbocycles. The predicted molar refractivity (Wildman–Crippen MR) is 85.6 cm³/mol. The Morgan fingerprint density at radius 2 is 1.73 bits per heavy atom. The van der Waals surface area contributed by atoms with Crippen LogP contribution in [0.4, 0.5) is 0 Å². The standard InChI is InChI=1S/C15H12N4O2S/c20-12-7-3-1-5-10(12)9-16-19-14(17-18-15(19)22)11-6-2-4-8-13(11)21/h1-9,20-21H,(H,18,22)/b16-9+. The van der Waals surface area contributed by atoms with Crippen molar-refractivity contribution in [2.24, 2.45) is 5.10 Å². The molecule has 1 aromatic heterocycles. The summed E-state index contributed by atoms with van der Waals surface area (Å²) in [6, 6.07) is 13.6. The molecule has 3 N–H and O–H groups in total. The van der Waals surface area contributed by atoms with E-state index in [0.29, 0.717) is 17.0 Å². The fraction of sp³-hybridized carbons (Fsp3) is 0. The third-order valence-corrected chi connectivity index (χ3v) is 3.31. The molecule has 110 valence electrons. The van der Waals surface area contributed by atoms with Crippen molar-refractivity contribution < 1.29 is 10.2 Å². The van der Waals surface area contributed by atoms with E-state index in [4.69, 9.17) is 12.2 Å². The van der Waals surface area contributed by atoms with Gasteiger partial charge in [-0.3, -0.25) is 0 Å². The largest absolute Gasteiger partial charge is 0.507 e. The van der Waals surface area contributed by atoms with Gasteiger partial charge in [-0.15, -0.1) is 0 Å². The summed E-state index contributed by atoms with van der Waals surface area (Å²) < 4.78 is 1.67. The van der Waals surface area contributed by atoms with Crippen LogP contribution in [0.1, 0.15) is 5.56 Å². The van der Waals surface area contributed by atoms with E-state index in [9.17, 15) is 10.2 Å². The second-order valence-electron chi connectivity index (χ2n) is 4.48. The molecule has 0 aliphatic rings. The molecule has 0 atom stereocenters. The van der Waals surface area contributed by atoms with Crippen molar-refractivity contribution in [3.63, 3.8) is 0 Å². The summed E-state index contributed by atoms with van der Waals surface area (Å²) in [4.78, 5) is 0. The number of hydrogen-bond acceptors (Lipinski definition) is 5. The van der Waals surface area contributed by atoms with E-state index in [1.807, 2.05) is 0 Å². The van der Waals surface area contributed by atoms with E-state index in [0.717, 1.165) is 0 Å². The van der Waals surface area contributed by atoms with Crippen LogP contribution in [0, 0.1) is 4.77 Å². The highest BCUT2D eigenvalue weighted by Crippen LogP contribution is 2.27. The SMILES string of the molecule is Oc1ccccc1/C=N/n1c(-c2ccccc2O)n[nH]c1=S. The summed E-state index contributed by atoms with van der Waals surface area (Å²) in [5.74, 6) is 0.579. The summed E-state index contributed by atoms with van der Waals surface area (Å²) in [5.41, 5.74) is 1.05. The normalized spacial score (nSPS) is 11.1. The molecular formula is C15H12N4O2S. The van der Waals surface area contributed by atoms with Crippen LogP contribution in [0.5, 0.6) is 11.5 Å². The molecule has 0 radical (unpaired) electrons. The van der Waals surface area contributed by atoms with Crippen molar-refractivity contribution in [1.82, 2.24) is 14.9 Å². The lowest BCUT2D eigenvalue weighted by Crippen LogP contribution is -1.95. The number of phenolic OH excluding ortho intramolecular Hbond substituents is 2. The first-order valence-electron chi connectivity index (χ1n) is 6.45. The fourth-order valence-electron chi connectivity index (χ4n) is 1.95. The molecule has 0 unspecified atom stereocenters. The highest BCUT2D eigenvalue weighted by atomic mass is 32.1. The van der Waals surface area contributed by atoms with Gasteiger partial charge in [-0.2, -0.15) is 14.9 Å². The molecule has 3 rings (SSSR count). The van der Waals surface area contributed by atoms with Gasteiger partial charge in [-0.1, -0.05) is 24.3 Å². The van der Waals surface area contributed by atoms with Gasteiger partial charge in [0.1, 0.15) is 11.5 Å². The quantitative estimate of drug-likeness (QED) is 0.513. The number of aromatic nitrogens is 3. The van der Waals surface area contributed by atoms with Crippen molar-refractivity contribution in [3.05, 3.63) is 58.9 Å². The third-order valence-electron chi connectivity index (χ3n) is 3.04. The maximum atomic E-state index is 9.93. The van der Waals surface area contributed by atoms with Crippen LogP contribution in [-0.2, 0) is 0 Å². The monoisotopic (exact) mass is 312 g/mol. The van der Waals surface area contributed by atoms with E-state index >= 15 is 0 Å². The summed E-state index contributed by atoms with van der Waals surface area (Å²) in [5, 5.41) is 30.7. The smallest absolute Gasteiger partial charge is 0.216 e. The molecule has 0 fully saturated rings. The molecule has 6 nitrogen and oxygen atoms in total. The van der Waals surface area contributed by atoms with Crippen LogP contribution in [0.3, 0.4) is 0 Å². The lowest BCUT2D eigenvalue weighted by molar-refractivity contribution is 0.474. The van der Waals surface area contributed by atoms with Crippen LogP contribution >= 0.6 is 12.2 Å². The first kappa shape index (κ1) is 14.0. The number of hydrogen-bond donors (Lipinski definition) is 3. The maximum Gasteiger partial charge on any atom is 0.216 e. The molecule has 0 aliphatic carbocycles. The topological polar surface area (TPSA) is 86.4 Å². The molecule has 0 saturated heterocycles. The van der Waals surface area contributed by atoms with Crippen LogP contribution in [-0.4, -0.2) is 31.3 Å². The minimum Gasteiger partial charge on any atom is -0.507 e. The van der Waals surface area contributed by atoms with Gasteiger partial charge in [0, 0.05) is 5.56 Å². The number of aromatic hydroxyl groups is 2. The first-order valence-corrected chi connectivity index (χ1v) is 6.86. The minimum atomic E-state index is 0.0792. The zero-order valence-corrected chi connectivity index (χ0v) is 12.2. The Bertz CT molecular complexity index is 898. The van der Waals surface area contributed by atoms with Crippen molar-refractivity contribution in [2.45, 2.75) is 0 Å². The second-order valence-corrected chi connectivity index (χ2v) is 4.87. The molecule has 0 amide bonds. The molecule has 1 heterocycles. The van der Waals surface area contributed by atoms with Crippen molar-refractivity contribution in [3.8, 4) is 22.9 Å². The Labute approximate surface area is 131 Å². The summed E-state index contributed by atoms with van der Waals surface area (Å²) in [6.07, 6.45) is 1.48. The average Bonchev–Trinajstić information content (AvgIpc) is 2.88. The molecular weight excluding hydrogens is 300 g/mol. The fourth-order valence-corrected chi connectivity index (χ4v) is 2.13. The molecule has 0 bridgehead atoms. The maximum absolute atomic E-state index is 9.93. The number of benzene rings is 2. The van der Waals surface area contributed by atoms with Crippen LogP contribution in [0.2, 0.25) is 0 Å². The van der Waals surface area contributed by atoms with Gasteiger partial charge in [0.05, 0.1) is 11.8 Å². The Kier molecular flexibility index (Phi) is 3.71. The molecule has 22 heavy (non-hydrogen) atoms. The number of para-hydroxylation sites is 2. The van der Waals surface area contributed by atoms with Gasteiger partial charge in [0.25, 0.3) is 0 Å². The zero-order chi connectivity index (χ0) is 15.5. The third kappa shape index (κ3) is 2.61. The van der Waals surface area contributed by atoms with E-state index in [1.165, 1.54) is 10.9 Å². The van der Waals surface area contributed by atoms with Gasteiger partial charge < -0.3 is 10.2 Å². The highest BCUT2D eigenvalue weighted by Gasteiger charge is 2.11. The molecule has 3 aromatic rings. The van der Waals surface area contributed by atoms with Gasteiger partial charge in [-0.05, 0) is 36.5 Å². The second kappa shape index (κ2) is 5.82. The van der Waals surface area contributed by atoms with Crippen LogP contribution < -0.4 is 0 Å². The molecule has 7 heteroatoms. The Hall–Kier alpha value is -2.93. The van der Waals surface area contributed by atoms with E-state index in [1.54, 1.807) is 48.5 Å². The van der Waals surface area contributed by atoms with Gasteiger partial charge >= 0.3 is 0 Å². The zero-order valence-electron chi connectivity index (χ0n) is 11.3. The lowest BCUT2D eigenvalue weighted by atomic mass is 10.2. The number of rotatable bonds is 3.